The molecule has 0 atom stereocenters. The van der Waals surface area contributed by atoms with Crippen LogP contribution in [0.5, 0.6) is 0 Å². The number of benzene rings is 1. The van der Waals surface area contributed by atoms with Crippen molar-refractivity contribution in [3.8, 4) is 5.69 Å². The number of ether oxygens (including phenoxy) is 2. The molecule has 2 rings (SSSR count). The summed E-state index contributed by atoms with van der Waals surface area (Å²) in [5, 5.41) is 3.37. The highest BCUT2D eigenvalue weighted by Gasteiger charge is 2.11. The van der Waals surface area contributed by atoms with E-state index in [-0.39, 0.29) is 6.29 Å². The van der Waals surface area contributed by atoms with Crippen LogP contribution < -0.4 is 5.32 Å². The molecule has 1 aromatic heterocycles. The molecule has 0 aliphatic heterocycles. The number of para-hydroxylation sites is 1. The summed E-state index contributed by atoms with van der Waals surface area (Å²) in [5.41, 5.74) is 5.00. The highest BCUT2D eigenvalue weighted by atomic mass is 16.7. The topological polar surface area (TPSA) is 35.4 Å². The Morgan fingerprint density at radius 3 is 2.38 bits per heavy atom. The van der Waals surface area contributed by atoms with Crippen molar-refractivity contribution in [3.63, 3.8) is 0 Å². The van der Waals surface area contributed by atoms with E-state index in [1.165, 1.54) is 22.6 Å². The van der Waals surface area contributed by atoms with Crippen molar-refractivity contribution in [2.24, 2.45) is 0 Å². The normalized spacial score (nSPS) is 11.3. The third kappa shape index (κ3) is 3.73. The van der Waals surface area contributed by atoms with E-state index in [1.54, 1.807) is 14.2 Å². The highest BCUT2D eigenvalue weighted by molar-refractivity contribution is 5.40. The average Bonchev–Trinajstić information content (AvgIpc) is 2.79. The highest BCUT2D eigenvalue weighted by Crippen LogP contribution is 2.20. The zero-order chi connectivity index (χ0) is 15.2. The molecule has 0 saturated carbocycles. The molecule has 1 heterocycles. The average molecular weight is 288 g/mol. The summed E-state index contributed by atoms with van der Waals surface area (Å²) in [4.78, 5) is 0. The number of rotatable bonds is 7. The molecule has 1 aromatic carbocycles. The minimum absolute atomic E-state index is 0.206. The van der Waals surface area contributed by atoms with Gasteiger partial charge in [-0.05, 0) is 37.6 Å². The smallest absolute Gasteiger partial charge is 0.169 e. The Kier molecular flexibility index (Phi) is 5.56. The maximum Gasteiger partial charge on any atom is 0.169 e. The maximum absolute atomic E-state index is 5.18. The minimum atomic E-state index is -0.206. The molecule has 0 saturated heterocycles. The van der Waals surface area contributed by atoms with Gasteiger partial charge in [-0.2, -0.15) is 0 Å². The Hall–Kier alpha value is -1.62. The van der Waals surface area contributed by atoms with Crippen LogP contribution in [0.2, 0.25) is 0 Å². The van der Waals surface area contributed by atoms with Crippen molar-refractivity contribution >= 4 is 0 Å². The number of nitrogens with one attached hydrogen (secondary N) is 1. The first-order valence-corrected chi connectivity index (χ1v) is 7.17. The first-order valence-electron chi connectivity index (χ1n) is 7.17. The molecule has 4 heteroatoms. The van der Waals surface area contributed by atoms with Crippen molar-refractivity contribution in [2.45, 2.75) is 26.7 Å². The van der Waals surface area contributed by atoms with Gasteiger partial charge in [-0.1, -0.05) is 18.2 Å². The molecule has 2 aromatic rings. The monoisotopic (exact) mass is 288 g/mol. The summed E-state index contributed by atoms with van der Waals surface area (Å²) in [5.74, 6) is 0. The van der Waals surface area contributed by atoms with Crippen molar-refractivity contribution < 1.29 is 9.47 Å². The molecular weight excluding hydrogens is 264 g/mol. The number of hydrogen-bond donors (Lipinski definition) is 1. The quantitative estimate of drug-likeness (QED) is 0.796. The van der Waals surface area contributed by atoms with Crippen LogP contribution in [-0.4, -0.2) is 31.6 Å². The van der Waals surface area contributed by atoms with Crippen LogP contribution in [0.25, 0.3) is 5.69 Å². The Morgan fingerprint density at radius 2 is 1.76 bits per heavy atom. The standard InChI is InChI=1S/C17H24N2O2/c1-13-10-15(11-18-12-17(20-3)21-4)14(2)19(13)16-8-6-5-7-9-16/h5-10,17-18H,11-12H2,1-4H3. The molecule has 0 spiro atoms. The first-order chi connectivity index (χ1) is 10.2. The summed E-state index contributed by atoms with van der Waals surface area (Å²) >= 11 is 0. The van der Waals surface area contributed by atoms with Gasteiger partial charge in [0.1, 0.15) is 0 Å². The van der Waals surface area contributed by atoms with Crippen LogP contribution in [-0.2, 0) is 16.0 Å². The molecule has 0 aliphatic rings. The maximum atomic E-state index is 5.18. The molecule has 1 N–H and O–H groups in total. The third-order valence-electron chi connectivity index (χ3n) is 3.70. The zero-order valence-electron chi connectivity index (χ0n) is 13.2. The summed E-state index contributed by atoms with van der Waals surface area (Å²) in [7, 11) is 3.30. The van der Waals surface area contributed by atoms with E-state index >= 15 is 0 Å². The fraction of sp³-hybridized carbons (Fsp3) is 0.412. The van der Waals surface area contributed by atoms with Gasteiger partial charge >= 0.3 is 0 Å². The van der Waals surface area contributed by atoms with Gasteiger partial charge in [0.25, 0.3) is 0 Å². The van der Waals surface area contributed by atoms with E-state index < -0.39 is 0 Å². The second-order valence-corrected chi connectivity index (χ2v) is 5.10. The van der Waals surface area contributed by atoms with Gasteiger partial charge in [0, 0.05) is 44.4 Å². The van der Waals surface area contributed by atoms with Crippen molar-refractivity contribution in [3.05, 3.63) is 53.3 Å². The molecule has 4 nitrogen and oxygen atoms in total. The Bertz CT molecular complexity index is 560. The van der Waals surface area contributed by atoms with Gasteiger partial charge in [0.2, 0.25) is 0 Å². The number of methoxy groups -OCH3 is 2. The second kappa shape index (κ2) is 7.41. The molecule has 0 unspecified atom stereocenters. The largest absolute Gasteiger partial charge is 0.355 e. The lowest BCUT2D eigenvalue weighted by Crippen LogP contribution is -2.29. The van der Waals surface area contributed by atoms with E-state index in [4.69, 9.17) is 9.47 Å². The predicted octanol–water partition coefficient (Wildman–Crippen LogP) is 2.80. The molecule has 0 amide bonds. The number of hydrogen-bond acceptors (Lipinski definition) is 3. The Morgan fingerprint density at radius 1 is 1.10 bits per heavy atom. The van der Waals surface area contributed by atoms with Gasteiger partial charge < -0.3 is 19.4 Å². The lowest BCUT2D eigenvalue weighted by atomic mass is 10.2. The van der Waals surface area contributed by atoms with E-state index in [0.717, 1.165) is 6.54 Å². The van der Waals surface area contributed by atoms with Crippen molar-refractivity contribution in [1.82, 2.24) is 9.88 Å². The van der Waals surface area contributed by atoms with Crippen molar-refractivity contribution in [1.29, 1.82) is 0 Å². The summed E-state index contributed by atoms with van der Waals surface area (Å²) in [6.45, 7) is 5.76. The number of nitrogens with zero attached hydrogens (tertiary/aromatic N) is 1. The third-order valence-corrected chi connectivity index (χ3v) is 3.70. The molecule has 114 valence electrons. The van der Waals surface area contributed by atoms with E-state index in [9.17, 15) is 0 Å². The van der Waals surface area contributed by atoms with Gasteiger partial charge in [-0.3, -0.25) is 0 Å². The number of aryl methyl sites for hydroxylation is 1. The fourth-order valence-electron chi connectivity index (χ4n) is 2.57. The van der Waals surface area contributed by atoms with Gasteiger partial charge in [0.05, 0.1) is 0 Å². The second-order valence-electron chi connectivity index (χ2n) is 5.10. The summed E-state index contributed by atoms with van der Waals surface area (Å²) in [6.07, 6.45) is -0.206. The van der Waals surface area contributed by atoms with Gasteiger partial charge in [0.15, 0.2) is 6.29 Å². The molecule has 0 radical (unpaired) electrons. The van der Waals surface area contributed by atoms with Crippen LogP contribution in [0, 0.1) is 13.8 Å². The van der Waals surface area contributed by atoms with Crippen LogP contribution in [0.15, 0.2) is 36.4 Å². The Labute approximate surface area is 126 Å². The van der Waals surface area contributed by atoms with Crippen LogP contribution in [0.1, 0.15) is 17.0 Å². The lowest BCUT2D eigenvalue weighted by Gasteiger charge is -2.14. The predicted molar refractivity (Wildman–Crippen MR) is 84.8 cm³/mol. The number of aromatic nitrogens is 1. The zero-order valence-corrected chi connectivity index (χ0v) is 13.2. The van der Waals surface area contributed by atoms with E-state index in [1.807, 2.05) is 6.07 Å². The van der Waals surface area contributed by atoms with Gasteiger partial charge in [-0.15, -0.1) is 0 Å². The molecule has 21 heavy (non-hydrogen) atoms. The van der Waals surface area contributed by atoms with Crippen molar-refractivity contribution in [2.75, 3.05) is 20.8 Å². The summed E-state index contributed by atoms with van der Waals surface area (Å²) < 4.78 is 12.6. The van der Waals surface area contributed by atoms with Crippen LogP contribution in [0.4, 0.5) is 0 Å². The van der Waals surface area contributed by atoms with E-state index in [0.29, 0.717) is 6.54 Å². The van der Waals surface area contributed by atoms with E-state index in [2.05, 4.69) is 54.1 Å². The SMILES string of the molecule is COC(CNCc1cc(C)n(-c2ccccc2)c1C)OC. The van der Waals surface area contributed by atoms with Crippen LogP contribution in [0.3, 0.4) is 0 Å². The fourth-order valence-corrected chi connectivity index (χ4v) is 2.57. The Balaban J connectivity index is 2.09. The summed E-state index contributed by atoms with van der Waals surface area (Å²) in [6, 6.07) is 12.6. The molecule has 0 bridgehead atoms. The molecule has 0 aliphatic carbocycles. The minimum Gasteiger partial charge on any atom is -0.355 e. The molecule has 0 fully saturated rings. The van der Waals surface area contributed by atoms with Gasteiger partial charge in [-0.25, -0.2) is 0 Å². The molecular formula is C17H24N2O2. The first kappa shape index (κ1) is 15.8. The lowest BCUT2D eigenvalue weighted by molar-refractivity contribution is -0.0989. The van der Waals surface area contributed by atoms with Crippen LogP contribution >= 0.6 is 0 Å².